The van der Waals surface area contributed by atoms with Crippen molar-refractivity contribution in [1.29, 1.82) is 0 Å². The molecule has 0 radical (unpaired) electrons. The van der Waals surface area contributed by atoms with Gasteiger partial charge >= 0.3 is 11.9 Å². The minimum atomic E-state index is -1.04. The van der Waals surface area contributed by atoms with Crippen molar-refractivity contribution in [3.8, 4) is 0 Å². The molecule has 0 atom stereocenters. The predicted molar refractivity (Wildman–Crippen MR) is 67.7 cm³/mol. The van der Waals surface area contributed by atoms with Crippen LogP contribution < -0.4 is 10.6 Å². The van der Waals surface area contributed by atoms with Crippen LogP contribution in [0.1, 0.15) is 17.3 Å². The van der Waals surface area contributed by atoms with Gasteiger partial charge in [-0.15, -0.1) is 0 Å². The van der Waals surface area contributed by atoms with Crippen LogP contribution in [-0.4, -0.2) is 37.2 Å². The van der Waals surface area contributed by atoms with Crippen molar-refractivity contribution in [1.82, 2.24) is 0 Å². The maximum absolute atomic E-state index is 11.2. The topological polar surface area (TPSA) is 92.9 Å². The summed E-state index contributed by atoms with van der Waals surface area (Å²) in [4.78, 5) is 23.7. The molecule has 0 heterocycles. The normalized spacial score (nSPS) is 9.89. The Morgan fingerprint density at radius 2 is 2.11 bits per heavy atom. The molecule has 0 fully saturated rings. The first-order valence-corrected chi connectivity index (χ1v) is 5.44. The predicted octanol–water partition coefficient (Wildman–Crippen LogP) is 0.966. The highest BCUT2D eigenvalue weighted by atomic mass is 16.5. The number of carboxylic acids is 1. The molecule has 0 saturated heterocycles. The molecule has 0 saturated carbocycles. The highest BCUT2D eigenvalue weighted by Crippen LogP contribution is 2.24. The van der Waals surface area contributed by atoms with Gasteiger partial charge in [0.05, 0.1) is 24.0 Å². The zero-order valence-corrected chi connectivity index (χ0v) is 10.3. The van der Waals surface area contributed by atoms with E-state index in [0.29, 0.717) is 17.9 Å². The molecular weight excluding hydrogens is 236 g/mol. The number of esters is 1. The molecule has 0 spiro atoms. The van der Waals surface area contributed by atoms with Crippen LogP contribution in [-0.2, 0) is 9.53 Å². The maximum Gasteiger partial charge on any atom is 0.335 e. The minimum Gasteiger partial charge on any atom is -0.478 e. The Labute approximate surface area is 105 Å². The summed E-state index contributed by atoms with van der Waals surface area (Å²) in [7, 11) is 1.31. The lowest BCUT2D eigenvalue weighted by Crippen LogP contribution is -2.30. The van der Waals surface area contributed by atoms with Crippen molar-refractivity contribution < 1.29 is 19.4 Å². The number of likely N-dealkylation sites (N-methyl/N-ethyl adjacent to an activating group) is 1. The Hall–Kier alpha value is -2.24. The van der Waals surface area contributed by atoms with Crippen LogP contribution in [0.4, 0.5) is 11.4 Å². The van der Waals surface area contributed by atoms with E-state index in [9.17, 15) is 9.59 Å². The van der Waals surface area contributed by atoms with Gasteiger partial charge < -0.3 is 20.5 Å². The smallest absolute Gasteiger partial charge is 0.335 e. The van der Waals surface area contributed by atoms with Crippen LogP contribution in [0.15, 0.2) is 18.2 Å². The molecule has 98 valence electrons. The van der Waals surface area contributed by atoms with Gasteiger partial charge in [-0.05, 0) is 25.1 Å². The SMILES string of the molecule is CCN(CC(=O)OC)c1ccc(C(=O)O)cc1N. The van der Waals surface area contributed by atoms with Crippen LogP contribution in [0.2, 0.25) is 0 Å². The number of methoxy groups -OCH3 is 1. The van der Waals surface area contributed by atoms with Gasteiger partial charge in [0.15, 0.2) is 0 Å². The summed E-state index contributed by atoms with van der Waals surface area (Å²) in [6.07, 6.45) is 0. The second-order valence-corrected chi connectivity index (χ2v) is 3.67. The van der Waals surface area contributed by atoms with Crippen molar-refractivity contribution in [2.75, 3.05) is 30.8 Å². The van der Waals surface area contributed by atoms with E-state index in [4.69, 9.17) is 10.8 Å². The molecule has 0 aliphatic heterocycles. The first-order valence-electron chi connectivity index (χ1n) is 5.44. The zero-order chi connectivity index (χ0) is 13.7. The summed E-state index contributed by atoms with van der Waals surface area (Å²) in [6, 6.07) is 4.41. The highest BCUT2D eigenvalue weighted by molar-refractivity contribution is 5.91. The summed E-state index contributed by atoms with van der Waals surface area (Å²) < 4.78 is 4.59. The monoisotopic (exact) mass is 252 g/mol. The minimum absolute atomic E-state index is 0.0730. The van der Waals surface area contributed by atoms with Gasteiger partial charge in [0.2, 0.25) is 0 Å². The standard InChI is InChI=1S/C12H16N2O4/c1-3-14(7-11(15)18-2)10-5-4-8(12(16)17)6-9(10)13/h4-6H,3,7,13H2,1-2H3,(H,16,17). The summed E-state index contributed by atoms with van der Waals surface area (Å²) in [5.41, 5.74) is 6.85. The van der Waals surface area contributed by atoms with E-state index in [-0.39, 0.29) is 18.1 Å². The van der Waals surface area contributed by atoms with E-state index < -0.39 is 5.97 Å². The molecule has 1 aromatic rings. The highest BCUT2D eigenvalue weighted by Gasteiger charge is 2.14. The molecule has 0 aliphatic carbocycles. The number of hydrogen-bond acceptors (Lipinski definition) is 5. The van der Waals surface area contributed by atoms with Crippen molar-refractivity contribution in [2.45, 2.75) is 6.92 Å². The fourth-order valence-corrected chi connectivity index (χ4v) is 1.56. The number of carbonyl (C=O) groups is 2. The average molecular weight is 252 g/mol. The Balaban J connectivity index is 3.00. The average Bonchev–Trinajstić information content (AvgIpc) is 2.35. The first kappa shape index (κ1) is 13.8. The molecule has 0 unspecified atom stereocenters. The maximum atomic E-state index is 11.2. The quantitative estimate of drug-likeness (QED) is 0.599. The number of nitrogen functional groups attached to an aromatic ring is 1. The number of nitrogens with zero attached hydrogens (tertiary/aromatic N) is 1. The molecule has 6 nitrogen and oxygen atoms in total. The fourth-order valence-electron chi connectivity index (χ4n) is 1.56. The van der Waals surface area contributed by atoms with E-state index in [2.05, 4.69) is 4.74 Å². The Morgan fingerprint density at radius 1 is 1.44 bits per heavy atom. The van der Waals surface area contributed by atoms with E-state index in [0.717, 1.165) is 0 Å². The summed E-state index contributed by atoms with van der Waals surface area (Å²) >= 11 is 0. The largest absolute Gasteiger partial charge is 0.478 e. The van der Waals surface area contributed by atoms with Crippen molar-refractivity contribution in [2.24, 2.45) is 0 Å². The van der Waals surface area contributed by atoms with Gasteiger partial charge in [-0.25, -0.2) is 4.79 Å². The number of hydrogen-bond donors (Lipinski definition) is 2. The zero-order valence-electron chi connectivity index (χ0n) is 10.3. The number of aromatic carboxylic acids is 1. The molecule has 0 amide bonds. The van der Waals surface area contributed by atoms with Crippen molar-refractivity contribution >= 4 is 23.3 Å². The van der Waals surface area contributed by atoms with Crippen molar-refractivity contribution in [3.05, 3.63) is 23.8 Å². The molecule has 0 bridgehead atoms. The lowest BCUT2D eigenvalue weighted by Gasteiger charge is -2.23. The van der Waals surface area contributed by atoms with Gasteiger partial charge in [-0.3, -0.25) is 4.79 Å². The van der Waals surface area contributed by atoms with E-state index >= 15 is 0 Å². The van der Waals surface area contributed by atoms with Crippen LogP contribution in [0.25, 0.3) is 0 Å². The number of nitrogens with two attached hydrogens (primary N) is 1. The van der Waals surface area contributed by atoms with Crippen LogP contribution >= 0.6 is 0 Å². The van der Waals surface area contributed by atoms with E-state index in [1.54, 1.807) is 11.0 Å². The Kier molecular flexibility index (Phi) is 4.53. The molecule has 3 N–H and O–H groups in total. The first-order chi connectivity index (χ1) is 8.49. The lowest BCUT2D eigenvalue weighted by molar-refractivity contribution is -0.138. The van der Waals surface area contributed by atoms with Gasteiger partial charge in [-0.2, -0.15) is 0 Å². The Bertz CT molecular complexity index is 459. The van der Waals surface area contributed by atoms with E-state index in [1.807, 2.05) is 6.92 Å². The second-order valence-electron chi connectivity index (χ2n) is 3.67. The lowest BCUT2D eigenvalue weighted by atomic mass is 10.1. The molecule has 0 aliphatic rings. The molecule has 0 aromatic heterocycles. The third kappa shape index (κ3) is 3.13. The van der Waals surface area contributed by atoms with Gasteiger partial charge in [0.1, 0.15) is 6.54 Å². The number of rotatable bonds is 5. The second kappa shape index (κ2) is 5.90. The van der Waals surface area contributed by atoms with Crippen molar-refractivity contribution in [3.63, 3.8) is 0 Å². The third-order valence-corrected chi connectivity index (χ3v) is 2.54. The molecule has 1 aromatic carbocycles. The molecule has 1 rings (SSSR count). The molecular formula is C12H16N2O4. The molecule has 18 heavy (non-hydrogen) atoms. The number of ether oxygens (including phenoxy) is 1. The summed E-state index contributed by atoms with van der Waals surface area (Å²) in [6.45, 7) is 2.50. The molecule has 6 heteroatoms. The van der Waals surface area contributed by atoms with E-state index in [1.165, 1.54) is 19.2 Å². The Morgan fingerprint density at radius 3 is 2.56 bits per heavy atom. The van der Waals surface area contributed by atoms with Gasteiger partial charge in [0, 0.05) is 6.54 Å². The summed E-state index contributed by atoms with van der Waals surface area (Å²) in [5, 5.41) is 8.84. The summed E-state index contributed by atoms with van der Waals surface area (Å²) in [5.74, 6) is -1.41. The number of carboxylic acid groups (broad SMARTS) is 1. The number of anilines is 2. The fraction of sp³-hybridized carbons (Fsp3) is 0.333. The third-order valence-electron chi connectivity index (χ3n) is 2.54. The van der Waals surface area contributed by atoms with Crippen LogP contribution in [0.5, 0.6) is 0 Å². The van der Waals surface area contributed by atoms with Crippen LogP contribution in [0, 0.1) is 0 Å². The van der Waals surface area contributed by atoms with Gasteiger partial charge in [0.25, 0.3) is 0 Å². The van der Waals surface area contributed by atoms with Crippen LogP contribution in [0.3, 0.4) is 0 Å². The van der Waals surface area contributed by atoms with Gasteiger partial charge in [-0.1, -0.05) is 0 Å². The number of benzene rings is 1. The number of carbonyl (C=O) groups excluding carboxylic acids is 1.